The topological polar surface area (TPSA) is 64.3 Å². The van der Waals surface area contributed by atoms with Crippen LogP contribution in [0.1, 0.15) is 44.9 Å². The maximum atomic E-state index is 12.7. The lowest BCUT2D eigenvalue weighted by atomic mass is 9.49. The summed E-state index contributed by atoms with van der Waals surface area (Å²) in [5.41, 5.74) is 5.87. The first-order chi connectivity index (χ1) is 9.61. The number of hydrogen-bond donors (Lipinski definition) is 2. The van der Waals surface area contributed by atoms with Crippen LogP contribution < -0.4 is 11.1 Å². The van der Waals surface area contributed by atoms with Crippen LogP contribution in [0, 0.1) is 23.2 Å². The molecule has 4 aliphatic rings. The van der Waals surface area contributed by atoms with Gasteiger partial charge in [0.2, 0.25) is 5.91 Å². The van der Waals surface area contributed by atoms with Gasteiger partial charge in [0.15, 0.2) is 0 Å². The van der Waals surface area contributed by atoms with E-state index in [2.05, 4.69) is 5.32 Å². The summed E-state index contributed by atoms with van der Waals surface area (Å²) in [6.45, 7) is 1.25. The lowest BCUT2D eigenvalue weighted by Gasteiger charge is -2.55. The van der Waals surface area contributed by atoms with Gasteiger partial charge in [0.05, 0.1) is 6.61 Å². The smallest absolute Gasteiger partial charge is 0.226 e. The molecule has 0 radical (unpaired) electrons. The number of methoxy groups -OCH3 is 1. The first-order valence-electron chi connectivity index (χ1n) is 8.14. The summed E-state index contributed by atoms with van der Waals surface area (Å²) in [6.07, 6.45) is 8.34. The summed E-state index contributed by atoms with van der Waals surface area (Å²) in [5, 5.41) is 3.15. The molecule has 0 aromatic carbocycles. The van der Waals surface area contributed by atoms with E-state index in [0.29, 0.717) is 19.1 Å². The van der Waals surface area contributed by atoms with Crippen LogP contribution in [-0.4, -0.2) is 32.2 Å². The number of rotatable bonds is 6. The third-order valence-corrected chi connectivity index (χ3v) is 5.70. The summed E-state index contributed by atoms with van der Waals surface area (Å²) in [6, 6.07) is 0.0247. The number of carbonyl (C=O) groups is 1. The lowest BCUT2D eigenvalue weighted by molar-refractivity contribution is -0.146. The number of hydrogen-bond acceptors (Lipinski definition) is 3. The van der Waals surface area contributed by atoms with E-state index in [1.807, 2.05) is 0 Å². The summed E-state index contributed by atoms with van der Waals surface area (Å²) in [5.74, 6) is 2.77. The van der Waals surface area contributed by atoms with Gasteiger partial charge in [0.25, 0.3) is 0 Å². The van der Waals surface area contributed by atoms with Gasteiger partial charge in [-0.2, -0.15) is 0 Å². The van der Waals surface area contributed by atoms with Crippen molar-refractivity contribution < 1.29 is 9.53 Å². The molecule has 4 fully saturated rings. The van der Waals surface area contributed by atoms with Crippen molar-refractivity contribution in [3.05, 3.63) is 0 Å². The number of ether oxygens (including phenoxy) is 1. The molecule has 1 atom stereocenters. The lowest BCUT2D eigenvalue weighted by Crippen LogP contribution is -2.53. The highest BCUT2D eigenvalue weighted by Crippen LogP contribution is 2.60. The van der Waals surface area contributed by atoms with Crippen LogP contribution in [0.15, 0.2) is 0 Å². The largest absolute Gasteiger partial charge is 0.383 e. The van der Waals surface area contributed by atoms with Crippen LogP contribution in [-0.2, 0) is 9.53 Å². The van der Waals surface area contributed by atoms with E-state index >= 15 is 0 Å². The third-order valence-electron chi connectivity index (χ3n) is 5.70. The number of nitrogens with two attached hydrogens (primary N) is 1. The highest BCUT2D eigenvalue weighted by Gasteiger charge is 2.54. The van der Waals surface area contributed by atoms with Crippen molar-refractivity contribution in [3.63, 3.8) is 0 Å². The summed E-state index contributed by atoms with van der Waals surface area (Å²) < 4.78 is 5.02. The van der Waals surface area contributed by atoms with Crippen LogP contribution >= 0.6 is 0 Å². The molecule has 20 heavy (non-hydrogen) atoms. The maximum Gasteiger partial charge on any atom is 0.226 e. The third kappa shape index (κ3) is 2.73. The molecule has 0 spiro atoms. The summed E-state index contributed by atoms with van der Waals surface area (Å²) in [7, 11) is 1.66. The number of carbonyl (C=O) groups excluding carboxylic acids is 1. The van der Waals surface area contributed by atoms with E-state index in [4.69, 9.17) is 10.5 Å². The summed E-state index contributed by atoms with van der Waals surface area (Å²) in [4.78, 5) is 12.7. The Morgan fingerprint density at radius 2 is 1.80 bits per heavy atom. The molecule has 4 nitrogen and oxygen atoms in total. The van der Waals surface area contributed by atoms with Crippen molar-refractivity contribution in [3.8, 4) is 0 Å². The van der Waals surface area contributed by atoms with Crippen LogP contribution in [0.25, 0.3) is 0 Å². The minimum Gasteiger partial charge on any atom is -0.383 e. The second-order valence-corrected chi connectivity index (χ2v) is 7.46. The second-order valence-electron chi connectivity index (χ2n) is 7.46. The van der Waals surface area contributed by atoms with E-state index in [9.17, 15) is 4.79 Å². The van der Waals surface area contributed by atoms with Crippen molar-refractivity contribution >= 4 is 5.91 Å². The predicted octanol–water partition coefficient (Wildman–Crippen LogP) is 1.68. The Morgan fingerprint density at radius 3 is 2.30 bits per heavy atom. The zero-order valence-electron chi connectivity index (χ0n) is 12.6. The van der Waals surface area contributed by atoms with Gasteiger partial charge in [-0.25, -0.2) is 0 Å². The Kier molecular flexibility index (Phi) is 4.04. The van der Waals surface area contributed by atoms with Crippen molar-refractivity contribution in [1.82, 2.24) is 5.32 Å². The van der Waals surface area contributed by atoms with E-state index in [0.717, 1.165) is 43.4 Å². The molecule has 1 unspecified atom stereocenters. The molecule has 4 saturated carbocycles. The zero-order chi connectivity index (χ0) is 14.2. The molecule has 4 rings (SSSR count). The average Bonchev–Trinajstić information content (AvgIpc) is 2.37. The Balaban J connectivity index is 1.52. The van der Waals surface area contributed by atoms with Crippen molar-refractivity contribution in [2.75, 3.05) is 20.3 Å². The van der Waals surface area contributed by atoms with Gasteiger partial charge in [-0.3, -0.25) is 4.79 Å². The normalized spacial score (nSPS) is 39.8. The van der Waals surface area contributed by atoms with E-state index in [1.165, 1.54) is 19.3 Å². The van der Waals surface area contributed by atoms with Crippen molar-refractivity contribution in [2.45, 2.75) is 51.0 Å². The van der Waals surface area contributed by atoms with Gasteiger partial charge in [-0.15, -0.1) is 0 Å². The minimum absolute atomic E-state index is 0.0247. The zero-order valence-corrected chi connectivity index (χ0v) is 12.6. The van der Waals surface area contributed by atoms with Gasteiger partial charge < -0.3 is 15.8 Å². The van der Waals surface area contributed by atoms with Gasteiger partial charge >= 0.3 is 0 Å². The van der Waals surface area contributed by atoms with Crippen LogP contribution in [0.2, 0.25) is 0 Å². The van der Waals surface area contributed by atoms with Crippen LogP contribution in [0.3, 0.4) is 0 Å². The van der Waals surface area contributed by atoms with Crippen molar-refractivity contribution in [1.29, 1.82) is 0 Å². The fourth-order valence-corrected chi connectivity index (χ4v) is 5.24. The second kappa shape index (κ2) is 5.64. The molecule has 0 heterocycles. The molecule has 0 aromatic rings. The number of amides is 1. The molecule has 0 saturated heterocycles. The van der Waals surface area contributed by atoms with Gasteiger partial charge in [0.1, 0.15) is 0 Å². The Bertz CT molecular complexity index is 334. The first-order valence-corrected chi connectivity index (χ1v) is 8.14. The molecule has 3 N–H and O–H groups in total. The SMILES string of the molecule is COCC(N)CCNC(=O)C12CC3CC(CC(C3)C1)C2. The Hall–Kier alpha value is -0.610. The highest BCUT2D eigenvalue weighted by molar-refractivity contribution is 5.83. The van der Waals surface area contributed by atoms with Crippen LogP contribution in [0.5, 0.6) is 0 Å². The Labute approximate surface area is 121 Å². The van der Waals surface area contributed by atoms with Gasteiger partial charge in [0, 0.05) is 25.1 Å². The molecule has 1 amide bonds. The Morgan fingerprint density at radius 1 is 1.25 bits per heavy atom. The standard InChI is InChI=1S/C16H28N2O2/c1-20-10-14(17)2-3-18-15(19)16-7-11-4-12(8-16)6-13(5-11)9-16/h11-14H,2-10,17H2,1H3,(H,18,19). The molecule has 114 valence electrons. The molecule has 4 aliphatic carbocycles. The molecular weight excluding hydrogens is 252 g/mol. The van der Waals surface area contributed by atoms with E-state index in [-0.39, 0.29) is 11.5 Å². The summed E-state index contributed by atoms with van der Waals surface area (Å²) >= 11 is 0. The highest BCUT2D eigenvalue weighted by atomic mass is 16.5. The molecular formula is C16H28N2O2. The van der Waals surface area contributed by atoms with Gasteiger partial charge in [-0.1, -0.05) is 0 Å². The fraction of sp³-hybridized carbons (Fsp3) is 0.938. The first kappa shape index (κ1) is 14.3. The molecule has 4 heteroatoms. The minimum atomic E-state index is -0.0277. The van der Waals surface area contributed by atoms with Gasteiger partial charge in [-0.05, 0) is 62.7 Å². The molecule has 0 aromatic heterocycles. The molecule has 0 aliphatic heterocycles. The number of nitrogens with one attached hydrogen (secondary N) is 1. The molecule has 4 bridgehead atoms. The van der Waals surface area contributed by atoms with Crippen molar-refractivity contribution in [2.24, 2.45) is 28.9 Å². The van der Waals surface area contributed by atoms with Crippen LogP contribution in [0.4, 0.5) is 0 Å². The monoisotopic (exact) mass is 280 g/mol. The fourth-order valence-electron chi connectivity index (χ4n) is 5.24. The maximum absolute atomic E-state index is 12.7. The van der Waals surface area contributed by atoms with E-state index < -0.39 is 0 Å². The van der Waals surface area contributed by atoms with E-state index in [1.54, 1.807) is 7.11 Å². The average molecular weight is 280 g/mol. The predicted molar refractivity (Wildman–Crippen MR) is 78.1 cm³/mol. The quantitative estimate of drug-likeness (QED) is 0.778.